The van der Waals surface area contributed by atoms with Crippen molar-refractivity contribution in [3.63, 3.8) is 0 Å². The van der Waals surface area contributed by atoms with Crippen molar-refractivity contribution >= 4 is 38.9 Å². The third-order valence-corrected chi connectivity index (χ3v) is 4.26. The fourth-order valence-electron chi connectivity index (χ4n) is 2.64. The molecule has 0 amide bonds. The van der Waals surface area contributed by atoms with E-state index in [1.165, 1.54) is 0 Å². The number of benzene rings is 2. The monoisotopic (exact) mass is 391 g/mol. The molecule has 0 aliphatic carbocycles. The maximum Gasteiger partial charge on any atom is 0.147 e. The summed E-state index contributed by atoms with van der Waals surface area (Å²) in [7, 11) is 0. The van der Waals surface area contributed by atoms with Crippen LogP contribution in [0.3, 0.4) is 0 Å². The van der Waals surface area contributed by atoms with E-state index in [0.29, 0.717) is 11.6 Å². The van der Waals surface area contributed by atoms with E-state index < -0.39 is 0 Å². The minimum atomic E-state index is 0.677. The van der Waals surface area contributed by atoms with Gasteiger partial charge in [0.2, 0.25) is 0 Å². The fraction of sp³-hybridized carbons (Fsp3) is 0. The van der Waals surface area contributed by atoms with Gasteiger partial charge in [-0.15, -0.1) is 0 Å². The molecule has 25 heavy (non-hydrogen) atoms. The van der Waals surface area contributed by atoms with Crippen LogP contribution in [0.1, 0.15) is 5.76 Å². The second-order valence-corrected chi connectivity index (χ2v) is 6.38. The summed E-state index contributed by atoms with van der Waals surface area (Å²) in [6, 6.07) is 22.0. The van der Waals surface area contributed by atoms with Crippen LogP contribution in [0.4, 0.5) is 5.82 Å². The lowest BCUT2D eigenvalue weighted by molar-refractivity contribution is 0.560. The Labute approximate surface area is 153 Å². The lowest BCUT2D eigenvalue weighted by atomic mass is 10.0. The lowest BCUT2D eigenvalue weighted by Crippen LogP contribution is -1.95. The van der Waals surface area contributed by atoms with Crippen LogP contribution in [0.2, 0.25) is 0 Å². The number of rotatable bonds is 4. The Hall–Kier alpha value is -2.92. The number of hydrogen-bond donors (Lipinski definition) is 1. The topological polar surface area (TPSA) is 50.4 Å². The predicted octanol–water partition coefficient (Wildman–Crippen LogP) is 5.70. The summed E-state index contributed by atoms with van der Waals surface area (Å²) in [5, 5.41) is 5.29. The summed E-state index contributed by atoms with van der Waals surface area (Å²) in [6.07, 6.45) is 3.23. The maximum atomic E-state index is 5.23. The highest BCUT2D eigenvalue weighted by atomic mass is 79.9. The van der Waals surface area contributed by atoms with Gasteiger partial charge in [-0.25, -0.2) is 4.98 Å². The second kappa shape index (κ2) is 6.91. The van der Waals surface area contributed by atoms with Gasteiger partial charge >= 0.3 is 0 Å². The summed E-state index contributed by atoms with van der Waals surface area (Å²) >= 11 is 3.54. The van der Waals surface area contributed by atoms with E-state index in [2.05, 4.69) is 49.6 Å². The average molecular weight is 392 g/mol. The predicted molar refractivity (Wildman–Crippen MR) is 105 cm³/mol. The number of furan rings is 1. The first-order chi connectivity index (χ1) is 12.3. The van der Waals surface area contributed by atoms with Crippen molar-refractivity contribution in [1.29, 1.82) is 0 Å². The van der Waals surface area contributed by atoms with E-state index in [1.54, 1.807) is 12.5 Å². The van der Waals surface area contributed by atoms with Crippen molar-refractivity contribution in [3.05, 3.63) is 83.2 Å². The SMILES string of the molecule is Brc1ccc2nc(N/N=C\c3ccco3)cc(-c3ccccc3)c2c1. The smallest absolute Gasteiger partial charge is 0.147 e. The summed E-state index contributed by atoms with van der Waals surface area (Å²) < 4.78 is 6.26. The standard InChI is InChI=1S/C20H14BrN3O/c21-15-8-9-19-18(11-15)17(14-5-2-1-3-6-14)12-20(23-19)24-22-13-16-7-4-10-25-16/h1-13H,(H,23,24)/b22-13-. The summed E-state index contributed by atoms with van der Waals surface area (Å²) in [5.74, 6) is 1.36. The molecule has 0 saturated heterocycles. The van der Waals surface area contributed by atoms with E-state index in [0.717, 1.165) is 26.5 Å². The number of hydrazone groups is 1. The van der Waals surface area contributed by atoms with Crippen molar-refractivity contribution in [2.45, 2.75) is 0 Å². The van der Waals surface area contributed by atoms with Crippen LogP contribution in [0.25, 0.3) is 22.0 Å². The zero-order valence-corrected chi connectivity index (χ0v) is 14.8. The molecule has 5 heteroatoms. The zero-order chi connectivity index (χ0) is 17.1. The van der Waals surface area contributed by atoms with Crippen LogP contribution in [-0.4, -0.2) is 11.2 Å². The first kappa shape index (κ1) is 15.6. The Balaban J connectivity index is 1.77. The van der Waals surface area contributed by atoms with Crippen molar-refractivity contribution in [3.8, 4) is 11.1 Å². The molecule has 0 fully saturated rings. The molecule has 122 valence electrons. The van der Waals surface area contributed by atoms with Crippen LogP contribution in [0, 0.1) is 0 Å². The molecule has 0 atom stereocenters. The van der Waals surface area contributed by atoms with Crippen molar-refractivity contribution < 1.29 is 4.42 Å². The molecule has 0 radical (unpaired) electrons. The van der Waals surface area contributed by atoms with Gasteiger partial charge in [0, 0.05) is 9.86 Å². The van der Waals surface area contributed by atoms with Gasteiger partial charge < -0.3 is 4.42 Å². The first-order valence-corrected chi connectivity index (χ1v) is 8.57. The average Bonchev–Trinajstić information content (AvgIpc) is 3.15. The summed E-state index contributed by atoms with van der Waals surface area (Å²) in [5.41, 5.74) is 6.12. The first-order valence-electron chi connectivity index (χ1n) is 7.78. The van der Waals surface area contributed by atoms with Crippen LogP contribution in [0.5, 0.6) is 0 Å². The largest absolute Gasteiger partial charge is 0.463 e. The number of halogens is 1. The van der Waals surface area contributed by atoms with Gasteiger partial charge in [-0.05, 0) is 47.5 Å². The highest BCUT2D eigenvalue weighted by Gasteiger charge is 2.08. The summed E-state index contributed by atoms with van der Waals surface area (Å²) in [6.45, 7) is 0. The van der Waals surface area contributed by atoms with E-state index in [1.807, 2.05) is 48.5 Å². The van der Waals surface area contributed by atoms with E-state index in [-0.39, 0.29) is 0 Å². The fourth-order valence-corrected chi connectivity index (χ4v) is 3.00. The zero-order valence-electron chi connectivity index (χ0n) is 13.2. The minimum Gasteiger partial charge on any atom is -0.463 e. The molecule has 2 heterocycles. The Morgan fingerprint density at radius 3 is 2.68 bits per heavy atom. The van der Waals surface area contributed by atoms with Gasteiger partial charge in [-0.3, -0.25) is 5.43 Å². The number of aromatic nitrogens is 1. The Morgan fingerprint density at radius 2 is 1.88 bits per heavy atom. The maximum absolute atomic E-state index is 5.23. The van der Waals surface area contributed by atoms with Crippen LogP contribution in [-0.2, 0) is 0 Å². The molecule has 0 bridgehead atoms. The van der Waals surface area contributed by atoms with Gasteiger partial charge in [0.25, 0.3) is 0 Å². The van der Waals surface area contributed by atoms with Gasteiger partial charge in [-0.1, -0.05) is 46.3 Å². The Kier molecular flexibility index (Phi) is 4.31. The van der Waals surface area contributed by atoms with Crippen LogP contribution >= 0.6 is 15.9 Å². The van der Waals surface area contributed by atoms with Gasteiger partial charge in [0.15, 0.2) is 0 Å². The summed E-state index contributed by atoms with van der Waals surface area (Å²) in [4.78, 5) is 4.65. The van der Waals surface area contributed by atoms with Gasteiger partial charge in [-0.2, -0.15) is 5.10 Å². The van der Waals surface area contributed by atoms with E-state index in [4.69, 9.17) is 4.42 Å². The minimum absolute atomic E-state index is 0.677. The van der Waals surface area contributed by atoms with Crippen molar-refractivity contribution in [1.82, 2.24) is 4.98 Å². The molecule has 4 nitrogen and oxygen atoms in total. The lowest BCUT2D eigenvalue weighted by Gasteiger charge is -2.10. The van der Waals surface area contributed by atoms with Crippen molar-refractivity contribution in [2.75, 3.05) is 5.43 Å². The van der Waals surface area contributed by atoms with Crippen LogP contribution in [0.15, 0.2) is 87.0 Å². The number of fused-ring (bicyclic) bond motifs is 1. The quantitative estimate of drug-likeness (QED) is 0.358. The normalized spacial score (nSPS) is 11.2. The molecular weight excluding hydrogens is 378 g/mol. The molecule has 1 N–H and O–H groups in total. The highest BCUT2D eigenvalue weighted by molar-refractivity contribution is 9.10. The number of anilines is 1. The Bertz CT molecular complexity index is 1030. The second-order valence-electron chi connectivity index (χ2n) is 5.47. The molecule has 0 spiro atoms. The van der Waals surface area contributed by atoms with E-state index in [9.17, 15) is 0 Å². The highest BCUT2D eigenvalue weighted by Crippen LogP contribution is 2.31. The van der Waals surface area contributed by atoms with E-state index >= 15 is 0 Å². The number of pyridine rings is 1. The third kappa shape index (κ3) is 3.46. The molecule has 4 aromatic rings. The molecule has 0 saturated carbocycles. The Morgan fingerprint density at radius 1 is 1.00 bits per heavy atom. The molecule has 2 aromatic carbocycles. The molecule has 4 rings (SSSR count). The molecule has 0 aliphatic heterocycles. The number of nitrogens with zero attached hydrogens (tertiary/aromatic N) is 2. The third-order valence-electron chi connectivity index (χ3n) is 3.77. The van der Waals surface area contributed by atoms with Gasteiger partial charge in [0.1, 0.15) is 11.6 Å². The number of hydrogen-bond acceptors (Lipinski definition) is 4. The van der Waals surface area contributed by atoms with Crippen molar-refractivity contribution in [2.24, 2.45) is 5.10 Å². The van der Waals surface area contributed by atoms with Gasteiger partial charge in [0.05, 0.1) is 18.0 Å². The molecular formula is C20H14BrN3O. The molecule has 0 aliphatic rings. The molecule has 0 unspecified atom stereocenters. The number of nitrogens with one attached hydrogen (secondary N) is 1. The van der Waals surface area contributed by atoms with Crippen LogP contribution < -0.4 is 5.43 Å². The molecule has 2 aromatic heterocycles.